The molecule has 0 radical (unpaired) electrons. The summed E-state index contributed by atoms with van der Waals surface area (Å²) in [4.78, 5) is 29.6. The summed E-state index contributed by atoms with van der Waals surface area (Å²) in [6.45, 7) is 18.6. The highest BCUT2D eigenvalue weighted by molar-refractivity contribution is 8.00. The Hall–Kier alpha value is -1.02. The molecule has 39 heavy (non-hydrogen) atoms. The Morgan fingerprint density at radius 1 is 1.08 bits per heavy atom. The van der Waals surface area contributed by atoms with E-state index in [0.29, 0.717) is 5.25 Å². The molecule has 7 heteroatoms. The van der Waals surface area contributed by atoms with E-state index >= 15 is 0 Å². The summed E-state index contributed by atoms with van der Waals surface area (Å²) < 4.78 is 5.12. The van der Waals surface area contributed by atoms with Gasteiger partial charge in [0.15, 0.2) is 5.78 Å². The molecule has 0 N–H and O–H groups in total. The van der Waals surface area contributed by atoms with Gasteiger partial charge in [-0.15, -0.1) is 0 Å². The Balaban J connectivity index is 1.33. The fourth-order valence-corrected chi connectivity index (χ4v) is 8.28. The summed E-state index contributed by atoms with van der Waals surface area (Å²) in [5.41, 5.74) is 1.73. The third-order valence-electron chi connectivity index (χ3n) is 8.05. The maximum atomic E-state index is 12.7. The number of hydrogen-bond acceptors (Lipinski definition) is 7. The lowest BCUT2D eigenvalue weighted by molar-refractivity contribution is -0.145. The summed E-state index contributed by atoms with van der Waals surface area (Å²) in [5.74, 6) is 3.17. The van der Waals surface area contributed by atoms with Crippen molar-refractivity contribution in [1.29, 1.82) is 0 Å². The molecule has 0 spiro atoms. The SMILES string of the molecule is COC(=O)C1CCCN1CCSC(C)CC1CCN(CCSC(C)(C)Cc2cccc(C(=O)C(C)(C)C)c2)C1. The highest BCUT2D eigenvalue weighted by Gasteiger charge is 2.31. The summed E-state index contributed by atoms with van der Waals surface area (Å²) >= 11 is 4.12. The van der Waals surface area contributed by atoms with Crippen LogP contribution < -0.4 is 0 Å². The predicted molar refractivity (Wildman–Crippen MR) is 168 cm³/mol. The summed E-state index contributed by atoms with van der Waals surface area (Å²) in [5, 5.41) is 0.656. The fourth-order valence-electron chi connectivity index (χ4n) is 5.96. The Bertz CT molecular complexity index is 946. The second-order valence-corrected chi connectivity index (χ2v) is 16.5. The number of likely N-dealkylation sites (tertiary alicyclic amines) is 2. The lowest BCUT2D eigenvalue weighted by atomic mass is 9.85. The number of nitrogens with zero attached hydrogens (tertiary/aromatic N) is 2. The van der Waals surface area contributed by atoms with Crippen LogP contribution in [0.5, 0.6) is 0 Å². The van der Waals surface area contributed by atoms with Gasteiger partial charge in [-0.25, -0.2) is 0 Å². The quantitative estimate of drug-likeness (QED) is 0.187. The molecule has 0 saturated carbocycles. The minimum atomic E-state index is -0.351. The van der Waals surface area contributed by atoms with Crippen molar-refractivity contribution in [2.45, 2.75) is 89.7 Å². The van der Waals surface area contributed by atoms with Crippen LogP contribution in [0.2, 0.25) is 0 Å². The van der Waals surface area contributed by atoms with Crippen LogP contribution in [0.25, 0.3) is 0 Å². The number of Topliss-reactive ketones (excluding diaryl/α,β-unsaturated/α-hetero) is 1. The highest BCUT2D eigenvalue weighted by Crippen LogP contribution is 2.31. The molecule has 2 heterocycles. The molecule has 0 aromatic heterocycles. The lowest BCUT2D eigenvalue weighted by Crippen LogP contribution is -2.38. The average Bonchev–Trinajstić information content (AvgIpc) is 3.51. The lowest BCUT2D eigenvalue weighted by Gasteiger charge is -2.26. The highest BCUT2D eigenvalue weighted by atomic mass is 32.2. The Morgan fingerprint density at radius 2 is 1.85 bits per heavy atom. The first kappa shape index (κ1) is 32.5. The molecule has 5 nitrogen and oxygen atoms in total. The molecule has 2 aliphatic rings. The first-order valence-electron chi connectivity index (χ1n) is 14.8. The van der Waals surface area contributed by atoms with Gasteiger partial charge in [0.1, 0.15) is 6.04 Å². The van der Waals surface area contributed by atoms with Crippen LogP contribution >= 0.6 is 23.5 Å². The molecular formula is C32H52N2O3S2. The number of methoxy groups -OCH3 is 1. The van der Waals surface area contributed by atoms with Crippen molar-refractivity contribution in [3.8, 4) is 0 Å². The van der Waals surface area contributed by atoms with E-state index < -0.39 is 0 Å². The monoisotopic (exact) mass is 576 g/mol. The van der Waals surface area contributed by atoms with E-state index in [-0.39, 0.29) is 28.0 Å². The van der Waals surface area contributed by atoms with Gasteiger partial charge >= 0.3 is 5.97 Å². The van der Waals surface area contributed by atoms with Gasteiger partial charge in [-0.1, -0.05) is 59.7 Å². The Labute approximate surface area is 246 Å². The maximum absolute atomic E-state index is 12.7. The van der Waals surface area contributed by atoms with Gasteiger partial charge in [-0.05, 0) is 62.7 Å². The standard InChI is InChI=1S/C32H52N2O3S2/c1-24(38-18-17-34-14-9-12-28(34)30(36)37-7)20-26-13-15-33(23-26)16-19-39-32(5,6)22-25-10-8-11-27(21-25)29(35)31(2,3)4/h8,10-11,21,24,26,28H,9,12-20,22-23H2,1-7H3. The number of hydrogen-bond donors (Lipinski definition) is 0. The van der Waals surface area contributed by atoms with Crippen molar-refractivity contribution in [3.63, 3.8) is 0 Å². The van der Waals surface area contributed by atoms with Gasteiger partial charge in [0.2, 0.25) is 0 Å². The minimum absolute atomic E-state index is 0.0278. The van der Waals surface area contributed by atoms with Gasteiger partial charge in [0.25, 0.3) is 0 Å². The van der Waals surface area contributed by atoms with E-state index in [1.54, 1.807) is 0 Å². The Kier molecular flexibility index (Phi) is 12.3. The molecular weight excluding hydrogens is 524 g/mol. The number of carbonyl (C=O) groups excluding carboxylic acids is 2. The number of ether oxygens (including phenoxy) is 1. The smallest absolute Gasteiger partial charge is 0.323 e. The zero-order chi connectivity index (χ0) is 28.6. The summed E-state index contributed by atoms with van der Waals surface area (Å²) in [6.07, 6.45) is 5.59. The number of thioether (sulfide) groups is 2. The first-order chi connectivity index (χ1) is 18.4. The molecule has 0 amide bonds. The number of benzene rings is 1. The van der Waals surface area contributed by atoms with Gasteiger partial charge in [-0.3, -0.25) is 14.5 Å². The molecule has 0 bridgehead atoms. The maximum Gasteiger partial charge on any atom is 0.323 e. The molecule has 2 fully saturated rings. The molecule has 3 unspecified atom stereocenters. The molecule has 2 saturated heterocycles. The van der Waals surface area contributed by atoms with E-state index in [9.17, 15) is 9.59 Å². The number of carbonyl (C=O) groups is 2. The molecule has 3 atom stereocenters. The van der Waals surface area contributed by atoms with Crippen LogP contribution in [0.3, 0.4) is 0 Å². The molecule has 220 valence electrons. The van der Waals surface area contributed by atoms with Gasteiger partial charge in [-0.2, -0.15) is 23.5 Å². The van der Waals surface area contributed by atoms with Crippen LogP contribution in [0.4, 0.5) is 0 Å². The molecule has 3 rings (SSSR count). The second kappa shape index (κ2) is 14.7. The van der Waals surface area contributed by atoms with Crippen molar-refractivity contribution >= 4 is 35.3 Å². The average molecular weight is 577 g/mol. The number of esters is 1. The minimum Gasteiger partial charge on any atom is -0.468 e. The van der Waals surface area contributed by atoms with Crippen molar-refractivity contribution in [3.05, 3.63) is 35.4 Å². The van der Waals surface area contributed by atoms with Crippen molar-refractivity contribution < 1.29 is 14.3 Å². The molecule has 1 aromatic rings. The van der Waals surface area contributed by atoms with Crippen molar-refractivity contribution in [2.75, 3.05) is 51.3 Å². The third-order valence-corrected chi connectivity index (χ3v) is 10.5. The molecule has 1 aromatic carbocycles. The molecule has 2 aliphatic heterocycles. The van der Waals surface area contributed by atoms with Crippen LogP contribution in [-0.2, 0) is 16.0 Å². The zero-order valence-electron chi connectivity index (χ0n) is 25.5. The van der Waals surface area contributed by atoms with Gasteiger partial charge in [0, 0.05) is 52.1 Å². The first-order valence-corrected chi connectivity index (χ1v) is 16.8. The van der Waals surface area contributed by atoms with E-state index in [4.69, 9.17) is 4.74 Å². The van der Waals surface area contributed by atoms with Crippen LogP contribution in [0, 0.1) is 11.3 Å². The topological polar surface area (TPSA) is 49.9 Å². The molecule has 0 aliphatic carbocycles. The van der Waals surface area contributed by atoms with Crippen LogP contribution in [0.15, 0.2) is 24.3 Å². The third kappa shape index (κ3) is 10.4. The van der Waals surface area contributed by atoms with Crippen molar-refractivity contribution in [2.24, 2.45) is 11.3 Å². The fraction of sp³-hybridized carbons (Fsp3) is 0.750. The van der Waals surface area contributed by atoms with Gasteiger partial charge in [0.05, 0.1) is 7.11 Å². The summed E-state index contributed by atoms with van der Waals surface area (Å²) in [7, 11) is 1.50. The van der Waals surface area contributed by atoms with Crippen molar-refractivity contribution in [1.82, 2.24) is 9.80 Å². The number of ketones is 1. The largest absolute Gasteiger partial charge is 0.468 e. The van der Waals surface area contributed by atoms with Crippen LogP contribution in [0.1, 0.15) is 83.1 Å². The van der Waals surface area contributed by atoms with E-state index in [2.05, 4.69) is 66.2 Å². The normalized spacial score (nSPS) is 21.8. The van der Waals surface area contributed by atoms with Crippen LogP contribution in [-0.4, -0.2) is 88.9 Å². The Morgan fingerprint density at radius 3 is 2.56 bits per heavy atom. The number of rotatable bonds is 14. The zero-order valence-corrected chi connectivity index (χ0v) is 27.1. The van der Waals surface area contributed by atoms with Gasteiger partial charge < -0.3 is 9.64 Å². The van der Waals surface area contributed by atoms with E-state index in [0.717, 1.165) is 61.9 Å². The second-order valence-electron chi connectivity index (χ2n) is 13.2. The van der Waals surface area contributed by atoms with E-state index in [1.165, 1.54) is 38.6 Å². The predicted octanol–water partition coefficient (Wildman–Crippen LogP) is 6.44. The van der Waals surface area contributed by atoms with E-state index in [1.807, 2.05) is 32.9 Å². The summed E-state index contributed by atoms with van der Waals surface area (Å²) in [6, 6.07) is 8.22.